The first-order valence-corrected chi connectivity index (χ1v) is 9.49. The molecule has 1 aromatic heterocycles. The number of hydrogen-bond acceptors (Lipinski definition) is 9. The number of fused-ring (bicyclic) bond motifs is 1. The van der Waals surface area contributed by atoms with Gasteiger partial charge in [-0.2, -0.15) is 0 Å². The third-order valence-electron chi connectivity index (χ3n) is 4.97. The van der Waals surface area contributed by atoms with Crippen molar-refractivity contribution >= 4 is 23.2 Å². The van der Waals surface area contributed by atoms with E-state index in [1.54, 1.807) is 30.3 Å². The van der Waals surface area contributed by atoms with Crippen LogP contribution in [0, 0.1) is 0 Å². The summed E-state index contributed by atoms with van der Waals surface area (Å²) in [4.78, 5) is 54.6. The minimum atomic E-state index is -0.904. The van der Waals surface area contributed by atoms with Crippen molar-refractivity contribution in [3.05, 3.63) is 74.4 Å². The number of ether oxygens (including phenoxy) is 1. The molecule has 2 heterocycles. The second kappa shape index (κ2) is 9.52. The van der Waals surface area contributed by atoms with Crippen molar-refractivity contribution in [1.82, 2.24) is 14.2 Å². The number of amides is 2. The van der Waals surface area contributed by atoms with E-state index >= 15 is 0 Å². The van der Waals surface area contributed by atoms with Gasteiger partial charge in [-0.15, -0.1) is 15.3 Å². The number of hydroxylamine groups is 2. The summed E-state index contributed by atoms with van der Waals surface area (Å²) in [7, 11) is 3.63. The van der Waals surface area contributed by atoms with Crippen molar-refractivity contribution in [2.45, 2.75) is 0 Å². The zero-order chi connectivity index (χ0) is 23.9. The molecule has 0 radical (unpaired) electrons. The summed E-state index contributed by atoms with van der Waals surface area (Å²) in [5.41, 5.74) is -2.53. The number of aromatic hydroxyl groups is 1. The number of carbonyl (C=O) groups is 2. The number of azo groups is 1. The van der Waals surface area contributed by atoms with Crippen molar-refractivity contribution in [3.63, 3.8) is 0 Å². The Hall–Kier alpha value is -3.92. The maximum atomic E-state index is 12.8. The van der Waals surface area contributed by atoms with E-state index in [9.17, 15) is 24.3 Å². The van der Waals surface area contributed by atoms with E-state index in [-0.39, 0.29) is 43.0 Å². The summed E-state index contributed by atoms with van der Waals surface area (Å²) in [6.07, 6.45) is 0. The standard InChI is InChI=1S/C21H17N5O7.Pd/c1-24-19(29)16(20(30)25(2)21(24)31)23-22-15-13(33-11-7-5-4-6-8-11)10-9-12-14(15)18(28)26(32-3)17(12)27;/h4-10,29H,1-3H3;/q;+2. The van der Waals surface area contributed by atoms with Crippen molar-refractivity contribution in [3.8, 4) is 17.4 Å². The molecule has 1 aliphatic rings. The number of para-hydroxylation sites is 1. The molecule has 0 unspecified atom stereocenters. The van der Waals surface area contributed by atoms with Crippen LogP contribution in [-0.2, 0) is 39.4 Å². The SMILES string of the molecule is CON1C(=O)c2ccc(Oc3ccccc3)c(N=Nc3c(O)n(C)c(=O)n(C)c3=O)c2C1=O.[Pd+2]. The number of carbonyl (C=O) groups excluding carboxylic acids is 2. The first kappa shape index (κ1) is 24.7. The third-order valence-corrected chi connectivity index (χ3v) is 4.97. The van der Waals surface area contributed by atoms with Gasteiger partial charge in [0.15, 0.2) is 5.75 Å². The average molecular weight is 558 g/mol. The Morgan fingerprint density at radius 1 is 0.853 bits per heavy atom. The third kappa shape index (κ3) is 3.96. The van der Waals surface area contributed by atoms with E-state index in [1.807, 2.05) is 0 Å². The predicted octanol–water partition coefficient (Wildman–Crippen LogP) is 2.15. The second-order valence-electron chi connectivity index (χ2n) is 6.92. The summed E-state index contributed by atoms with van der Waals surface area (Å²) in [6.45, 7) is 0. The van der Waals surface area contributed by atoms with Crippen LogP contribution in [-0.4, -0.2) is 38.2 Å². The van der Waals surface area contributed by atoms with Gasteiger partial charge in [-0.3, -0.25) is 28.4 Å². The van der Waals surface area contributed by atoms with Gasteiger partial charge in [0.2, 0.25) is 11.6 Å². The maximum Gasteiger partial charge on any atom is 2.00 e. The Morgan fingerprint density at radius 3 is 2.15 bits per heavy atom. The quantitative estimate of drug-likeness (QED) is 0.287. The van der Waals surface area contributed by atoms with E-state index in [0.717, 1.165) is 16.2 Å². The van der Waals surface area contributed by atoms with Crippen LogP contribution in [0.15, 0.2) is 62.3 Å². The van der Waals surface area contributed by atoms with Crippen molar-refractivity contribution in [2.24, 2.45) is 24.3 Å². The normalized spacial score (nSPS) is 12.7. The van der Waals surface area contributed by atoms with E-state index in [4.69, 9.17) is 9.57 Å². The van der Waals surface area contributed by atoms with E-state index in [2.05, 4.69) is 10.2 Å². The molecule has 0 aliphatic carbocycles. The molecule has 34 heavy (non-hydrogen) atoms. The molecule has 12 nitrogen and oxygen atoms in total. The average Bonchev–Trinajstić information content (AvgIpc) is 3.07. The van der Waals surface area contributed by atoms with E-state index in [1.165, 1.54) is 26.2 Å². The van der Waals surface area contributed by atoms with Crippen LogP contribution < -0.4 is 16.0 Å². The molecule has 1 N–H and O–H groups in total. The topological polar surface area (TPSA) is 145 Å². The molecule has 2 aromatic carbocycles. The number of rotatable bonds is 5. The van der Waals surface area contributed by atoms with Crippen LogP contribution in [0.1, 0.15) is 20.7 Å². The number of nitrogens with zero attached hydrogens (tertiary/aromatic N) is 5. The van der Waals surface area contributed by atoms with Gasteiger partial charge in [0, 0.05) is 14.1 Å². The minimum absolute atomic E-state index is 0. The van der Waals surface area contributed by atoms with Gasteiger partial charge in [-0.1, -0.05) is 18.2 Å². The molecule has 176 valence electrons. The summed E-state index contributed by atoms with van der Waals surface area (Å²) in [5, 5.41) is 18.6. The largest absolute Gasteiger partial charge is 2.00 e. The van der Waals surface area contributed by atoms with Gasteiger partial charge < -0.3 is 9.84 Å². The number of imide groups is 1. The second-order valence-corrected chi connectivity index (χ2v) is 6.92. The van der Waals surface area contributed by atoms with Gasteiger partial charge in [-0.05, 0) is 24.3 Å². The monoisotopic (exact) mass is 557 g/mol. The Morgan fingerprint density at radius 2 is 1.50 bits per heavy atom. The van der Waals surface area contributed by atoms with Gasteiger partial charge in [-0.25, -0.2) is 4.79 Å². The Bertz CT molecular complexity index is 1450. The number of benzene rings is 2. The summed E-state index contributed by atoms with van der Waals surface area (Å²) in [5.74, 6) is -1.76. The molecule has 4 rings (SSSR count). The van der Waals surface area contributed by atoms with E-state index in [0.29, 0.717) is 10.8 Å². The van der Waals surface area contributed by atoms with Crippen molar-refractivity contribution < 1.29 is 44.7 Å². The molecule has 3 aromatic rings. The van der Waals surface area contributed by atoms with Crippen molar-refractivity contribution in [1.29, 1.82) is 0 Å². The summed E-state index contributed by atoms with van der Waals surface area (Å²) in [6, 6.07) is 11.4. The Balaban J connectivity index is 0.00000324. The predicted molar refractivity (Wildman–Crippen MR) is 113 cm³/mol. The van der Waals surface area contributed by atoms with Crippen LogP contribution in [0.3, 0.4) is 0 Å². The fourth-order valence-corrected chi connectivity index (χ4v) is 3.24. The molecular formula is C21H17N5O7Pd+2. The molecule has 0 bridgehead atoms. The number of aromatic nitrogens is 2. The van der Waals surface area contributed by atoms with Crippen LogP contribution in [0.2, 0.25) is 0 Å². The smallest absolute Gasteiger partial charge is 0.493 e. The van der Waals surface area contributed by atoms with Crippen LogP contribution >= 0.6 is 0 Å². The van der Waals surface area contributed by atoms with Gasteiger partial charge >= 0.3 is 26.1 Å². The van der Waals surface area contributed by atoms with Gasteiger partial charge in [0.1, 0.15) is 11.4 Å². The first-order valence-electron chi connectivity index (χ1n) is 9.49. The molecule has 2 amide bonds. The molecule has 0 saturated carbocycles. The molecule has 13 heteroatoms. The number of hydrogen-bond donors (Lipinski definition) is 1. The first-order chi connectivity index (χ1) is 15.8. The molecule has 0 fully saturated rings. The zero-order valence-electron chi connectivity index (χ0n) is 18.0. The molecule has 0 saturated heterocycles. The fourth-order valence-electron chi connectivity index (χ4n) is 3.24. The van der Waals surface area contributed by atoms with Crippen LogP contribution in [0.25, 0.3) is 0 Å². The summed E-state index contributed by atoms with van der Waals surface area (Å²) >= 11 is 0. The Labute approximate surface area is 205 Å². The van der Waals surface area contributed by atoms with Crippen molar-refractivity contribution in [2.75, 3.05) is 7.11 Å². The molecule has 0 spiro atoms. The minimum Gasteiger partial charge on any atom is -0.493 e. The maximum absolute atomic E-state index is 12.8. The molecular weight excluding hydrogens is 541 g/mol. The van der Waals surface area contributed by atoms with E-state index < -0.39 is 34.6 Å². The van der Waals surface area contributed by atoms with Gasteiger partial charge in [0.25, 0.3) is 17.4 Å². The molecule has 1 aliphatic heterocycles. The molecule has 0 atom stereocenters. The fraction of sp³-hybridized carbons (Fsp3) is 0.143. The summed E-state index contributed by atoms with van der Waals surface area (Å²) < 4.78 is 7.38. The van der Waals surface area contributed by atoms with Crippen LogP contribution in [0.5, 0.6) is 17.4 Å². The van der Waals surface area contributed by atoms with Gasteiger partial charge in [0.05, 0.1) is 18.2 Å². The van der Waals surface area contributed by atoms with Crippen LogP contribution in [0.4, 0.5) is 11.4 Å². The Kier molecular flexibility index (Phi) is 6.92. The zero-order valence-corrected chi connectivity index (χ0v) is 19.5.